The number of hydrogen-bond acceptors (Lipinski definition) is 4. The maximum atomic E-state index is 12.3. The molecule has 6 nitrogen and oxygen atoms in total. The minimum atomic E-state index is -1.04. The molecule has 0 spiro atoms. The maximum absolute atomic E-state index is 12.3. The van der Waals surface area contributed by atoms with Gasteiger partial charge >= 0.3 is 5.97 Å². The van der Waals surface area contributed by atoms with Crippen molar-refractivity contribution in [3.05, 3.63) is 17.0 Å². The highest BCUT2D eigenvalue weighted by molar-refractivity contribution is 5.97. The first-order valence-electron chi connectivity index (χ1n) is 5.86. The molecule has 0 aliphatic carbocycles. The average Bonchev–Trinajstić information content (AvgIpc) is 2.65. The fourth-order valence-electron chi connectivity index (χ4n) is 1.71. The Morgan fingerprint density at radius 3 is 2.50 bits per heavy atom. The minimum Gasteiger partial charge on any atom is -0.480 e. The van der Waals surface area contributed by atoms with E-state index in [1.165, 1.54) is 4.90 Å². The van der Waals surface area contributed by atoms with Crippen LogP contribution in [0.25, 0.3) is 0 Å². The molecule has 0 bridgehead atoms. The third-order valence-electron chi connectivity index (χ3n) is 2.67. The molecule has 0 radical (unpaired) electrons. The van der Waals surface area contributed by atoms with E-state index >= 15 is 0 Å². The molecule has 1 rings (SSSR count). The van der Waals surface area contributed by atoms with Crippen molar-refractivity contribution in [2.75, 3.05) is 6.54 Å². The molecule has 6 heteroatoms. The normalized spacial score (nSPS) is 10.7. The van der Waals surface area contributed by atoms with Crippen molar-refractivity contribution >= 4 is 11.9 Å². The summed E-state index contributed by atoms with van der Waals surface area (Å²) in [6.07, 6.45) is 0.567. The molecule has 1 aromatic heterocycles. The van der Waals surface area contributed by atoms with Crippen LogP contribution in [0, 0.1) is 6.92 Å². The number of carbonyl (C=O) groups is 2. The second kappa shape index (κ2) is 5.66. The average molecular weight is 254 g/mol. The Balaban J connectivity index is 3.09. The largest absolute Gasteiger partial charge is 0.480 e. The van der Waals surface area contributed by atoms with Gasteiger partial charge in [0.15, 0.2) is 0 Å². The summed E-state index contributed by atoms with van der Waals surface area (Å²) in [6.45, 7) is 6.73. The molecule has 0 aromatic carbocycles. The Labute approximate surface area is 106 Å². The number of nitrogens with zero attached hydrogens (tertiary/aromatic N) is 2. The summed E-state index contributed by atoms with van der Waals surface area (Å²) in [5.41, 5.74) is 0.945. The highest BCUT2D eigenvalue weighted by atomic mass is 16.5. The van der Waals surface area contributed by atoms with Crippen LogP contribution in [-0.2, 0) is 11.2 Å². The van der Waals surface area contributed by atoms with Gasteiger partial charge in [0.25, 0.3) is 5.91 Å². The minimum absolute atomic E-state index is 0.201. The van der Waals surface area contributed by atoms with Gasteiger partial charge in [0.2, 0.25) is 0 Å². The van der Waals surface area contributed by atoms with Crippen LogP contribution >= 0.6 is 0 Å². The fraction of sp³-hybridized carbons (Fsp3) is 0.583. The van der Waals surface area contributed by atoms with E-state index in [-0.39, 0.29) is 18.5 Å². The Morgan fingerprint density at radius 1 is 1.44 bits per heavy atom. The summed E-state index contributed by atoms with van der Waals surface area (Å²) in [4.78, 5) is 24.4. The topological polar surface area (TPSA) is 83.6 Å². The van der Waals surface area contributed by atoms with Gasteiger partial charge in [-0.1, -0.05) is 12.1 Å². The lowest BCUT2D eigenvalue weighted by Crippen LogP contribution is -2.41. The van der Waals surface area contributed by atoms with E-state index in [4.69, 9.17) is 9.63 Å². The number of carboxylic acids is 1. The van der Waals surface area contributed by atoms with Crippen molar-refractivity contribution in [1.82, 2.24) is 10.1 Å². The number of amides is 1. The van der Waals surface area contributed by atoms with Crippen molar-refractivity contribution in [2.45, 2.75) is 40.2 Å². The summed E-state index contributed by atoms with van der Waals surface area (Å²) < 4.78 is 5.00. The lowest BCUT2D eigenvalue weighted by molar-refractivity contribution is -0.138. The van der Waals surface area contributed by atoms with Crippen molar-refractivity contribution < 1.29 is 19.2 Å². The summed E-state index contributed by atoms with van der Waals surface area (Å²) in [5.74, 6) is -0.958. The Bertz CT molecular complexity index is 451. The van der Waals surface area contributed by atoms with Crippen molar-refractivity contribution in [3.63, 3.8) is 0 Å². The van der Waals surface area contributed by atoms with Gasteiger partial charge in [-0.25, -0.2) is 0 Å². The van der Waals surface area contributed by atoms with Gasteiger partial charge in [0, 0.05) is 6.04 Å². The molecule has 18 heavy (non-hydrogen) atoms. The molecular formula is C12H18N2O4. The third-order valence-corrected chi connectivity index (χ3v) is 2.67. The zero-order valence-corrected chi connectivity index (χ0v) is 11.1. The predicted molar refractivity (Wildman–Crippen MR) is 64.4 cm³/mol. The standard InChI is InChI=1S/C12H18N2O4/c1-5-9-11(8(4)18-13-9)12(17)14(7(2)3)6-10(15)16/h7H,5-6H2,1-4H3,(H,15,16). The van der Waals surface area contributed by atoms with Gasteiger partial charge in [0.05, 0.1) is 5.69 Å². The van der Waals surface area contributed by atoms with E-state index in [2.05, 4.69) is 5.16 Å². The smallest absolute Gasteiger partial charge is 0.323 e. The van der Waals surface area contributed by atoms with Gasteiger partial charge in [0.1, 0.15) is 17.9 Å². The van der Waals surface area contributed by atoms with E-state index in [0.29, 0.717) is 23.4 Å². The quantitative estimate of drug-likeness (QED) is 0.860. The monoisotopic (exact) mass is 254 g/mol. The molecule has 1 heterocycles. The zero-order chi connectivity index (χ0) is 13.9. The summed E-state index contributed by atoms with van der Waals surface area (Å²) in [6, 6.07) is -0.201. The molecule has 0 aliphatic heterocycles. The molecule has 100 valence electrons. The van der Waals surface area contributed by atoms with Crippen LogP contribution in [0.1, 0.15) is 42.6 Å². The van der Waals surface area contributed by atoms with Gasteiger partial charge in [-0.2, -0.15) is 0 Å². The van der Waals surface area contributed by atoms with Crippen LogP contribution in [-0.4, -0.2) is 39.6 Å². The highest BCUT2D eigenvalue weighted by Gasteiger charge is 2.27. The van der Waals surface area contributed by atoms with Gasteiger partial charge < -0.3 is 14.5 Å². The zero-order valence-electron chi connectivity index (χ0n) is 11.1. The molecule has 0 saturated carbocycles. The van der Waals surface area contributed by atoms with Crippen LogP contribution in [0.2, 0.25) is 0 Å². The second-order valence-electron chi connectivity index (χ2n) is 4.33. The third kappa shape index (κ3) is 2.88. The Morgan fingerprint density at radius 2 is 2.06 bits per heavy atom. The molecule has 1 N–H and O–H groups in total. The lowest BCUT2D eigenvalue weighted by atomic mass is 10.1. The molecule has 0 saturated heterocycles. The van der Waals surface area contributed by atoms with Gasteiger partial charge in [-0.3, -0.25) is 9.59 Å². The Kier molecular flexibility index (Phi) is 4.47. The molecule has 0 aliphatic rings. The predicted octanol–water partition coefficient (Wildman–Crippen LogP) is 1.48. The van der Waals surface area contributed by atoms with Gasteiger partial charge in [-0.05, 0) is 27.2 Å². The van der Waals surface area contributed by atoms with Gasteiger partial charge in [-0.15, -0.1) is 0 Å². The summed E-state index contributed by atoms with van der Waals surface area (Å²) >= 11 is 0. The number of hydrogen-bond donors (Lipinski definition) is 1. The van der Waals surface area contributed by atoms with Crippen LogP contribution in [0.5, 0.6) is 0 Å². The second-order valence-corrected chi connectivity index (χ2v) is 4.33. The van der Waals surface area contributed by atoms with Crippen LogP contribution in [0.3, 0.4) is 0 Å². The van der Waals surface area contributed by atoms with Crippen molar-refractivity contribution in [3.8, 4) is 0 Å². The first-order valence-corrected chi connectivity index (χ1v) is 5.86. The number of aryl methyl sites for hydroxylation is 2. The van der Waals surface area contributed by atoms with E-state index < -0.39 is 5.97 Å². The molecule has 0 atom stereocenters. The van der Waals surface area contributed by atoms with Crippen molar-refractivity contribution in [2.24, 2.45) is 0 Å². The fourth-order valence-corrected chi connectivity index (χ4v) is 1.71. The summed E-state index contributed by atoms with van der Waals surface area (Å²) in [5, 5.41) is 12.6. The number of aromatic nitrogens is 1. The molecule has 0 unspecified atom stereocenters. The first kappa shape index (κ1) is 14.2. The van der Waals surface area contributed by atoms with E-state index in [1.807, 2.05) is 6.92 Å². The molecule has 1 amide bonds. The highest BCUT2D eigenvalue weighted by Crippen LogP contribution is 2.17. The van der Waals surface area contributed by atoms with Crippen LogP contribution in [0.4, 0.5) is 0 Å². The molecule has 1 aromatic rings. The molecular weight excluding hydrogens is 236 g/mol. The maximum Gasteiger partial charge on any atom is 0.323 e. The lowest BCUT2D eigenvalue weighted by Gasteiger charge is -2.24. The SMILES string of the molecule is CCc1noc(C)c1C(=O)N(CC(=O)O)C(C)C. The van der Waals surface area contributed by atoms with E-state index in [1.54, 1.807) is 20.8 Å². The number of aliphatic carboxylic acids is 1. The Hall–Kier alpha value is -1.85. The van der Waals surface area contributed by atoms with Crippen molar-refractivity contribution in [1.29, 1.82) is 0 Å². The van der Waals surface area contributed by atoms with E-state index in [9.17, 15) is 9.59 Å². The summed E-state index contributed by atoms with van der Waals surface area (Å²) in [7, 11) is 0. The number of rotatable bonds is 5. The van der Waals surface area contributed by atoms with E-state index in [0.717, 1.165) is 0 Å². The molecule has 0 fully saturated rings. The van der Waals surface area contributed by atoms with Crippen LogP contribution < -0.4 is 0 Å². The number of carboxylic acid groups (broad SMARTS) is 1. The number of carbonyl (C=O) groups excluding carboxylic acids is 1. The first-order chi connectivity index (χ1) is 8.38. The van der Waals surface area contributed by atoms with Crippen LogP contribution in [0.15, 0.2) is 4.52 Å².